The lowest BCUT2D eigenvalue weighted by atomic mass is 9.52. The van der Waals surface area contributed by atoms with Gasteiger partial charge in [0.15, 0.2) is 46.3 Å². The number of hydrogen-bond acceptors (Lipinski definition) is 9. The van der Waals surface area contributed by atoms with E-state index in [1.165, 1.54) is 31.1 Å². The maximum atomic E-state index is 14.1. The van der Waals surface area contributed by atoms with Crippen LogP contribution in [0.4, 0.5) is 14.5 Å². The predicted molar refractivity (Wildman–Crippen MR) is 141 cm³/mol. The monoisotopic (exact) mass is 569 g/mol. The molecule has 0 saturated heterocycles. The number of hydrogen-bond donors (Lipinski definition) is 3. The summed E-state index contributed by atoms with van der Waals surface area (Å²) in [5.41, 5.74) is 3.23. The van der Waals surface area contributed by atoms with Gasteiger partial charge in [-0.05, 0) is 62.2 Å². The smallest absolute Gasteiger partial charge is 0.235 e. The number of nitrogens with two attached hydrogens (primary N) is 1. The van der Waals surface area contributed by atoms with Crippen molar-refractivity contribution in [3.63, 3.8) is 0 Å². The first-order valence-electron chi connectivity index (χ1n) is 13.0. The van der Waals surface area contributed by atoms with E-state index in [0.29, 0.717) is 11.3 Å². The van der Waals surface area contributed by atoms with Crippen LogP contribution in [0.1, 0.15) is 22.3 Å². The molecule has 6 unspecified atom stereocenters. The largest absolute Gasteiger partial charge is 0.507 e. The highest BCUT2D eigenvalue weighted by Crippen LogP contribution is 2.53. The van der Waals surface area contributed by atoms with E-state index < -0.39 is 81.7 Å². The van der Waals surface area contributed by atoms with Crippen molar-refractivity contribution in [1.29, 1.82) is 0 Å². The zero-order valence-corrected chi connectivity index (χ0v) is 22.8. The fraction of sp³-hybridized carbons (Fsp3) is 0.414. The average molecular weight is 570 g/mol. The van der Waals surface area contributed by atoms with E-state index >= 15 is 0 Å². The van der Waals surface area contributed by atoms with Gasteiger partial charge in [0.1, 0.15) is 5.75 Å². The van der Waals surface area contributed by atoms with Crippen molar-refractivity contribution in [2.75, 3.05) is 33.1 Å². The summed E-state index contributed by atoms with van der Waals surface area (Å²) in [7, 11) is 6.40. The lowest BCUT2D eigenvalue weighted by Crippen LogP contribution is -2.74. The third kappa shape index (κ3) is 3.91. The zero-order valence-electron chi connectivity index (χ0n) is 22.8. The van der Waals surface area contributed by atoms with E-state index in [1.54, 1.807) is 19.0 Å². The summed E-state index contributed by atoms with van der Waals surface area (Å²) < 4.78 is 27.7. The summed E-state index contributed by atoms with van der Waals surface area (Å²) in [6.45, 7) is 0. The second kappa shape index (κ2) is 9.52. The first kappa shape index (κ1) is 28.5. The molecule has 3 aliphatic rings. The molecule has 3 aliphatic carbocycles. The summed E-state index contributed by atoms with van der Waals surface area (Å²) in [4.78, 5) is 69.9. The molecule has 0 spiro atoms. The van der Waals surface area contributed by atoms with Gasteiger partial charge in [-0.1, -0.05) is 6.07 Å². The van der Waals surface area contributed by atoms with Gasteiger partial charge in [-0.25, -0.2) is 8.78 Å². The third-order valence-corrected chi connectivity index (χ3v) is 8.75. The minimum atomic E-state index is -2.84. The van der Waals surface area contributed by atoms with Crippen LogP contribution in [-0.2, 0) is 25.6 Å². The van der Waals surface area contributed by atoms with Crippen molar-refractivity contribution in [2.24, 2.45) is 29.4 Å². The number of carbonyl (C=O) groups is 5. The number of aliphatic hydroxyl groups is 1. The maximum Gasteiger partial charge on any atom is 0.235 e. The molecule has 2 fully saturated rings. The van der Waals surface area contributed by atoms with Gasteiger partial charge in [-0.2, -0.15) is 0 Å². The normalized spacial score (nSPS) is 29.2. The van der Waals surface area contributed by atoms with E-state index in [4.69, 9.17) is 5.73 Å². The number of rotatable bonds is 4. The molecule has 5 rings (SSSR count). The Balaban J connectivity index is 1.69. The van der Waals surface area contributed by atoms with Crippen molar-refractivity contribution in [2.45, 2.75) is 24.5 Å². The number of fused-ring (bicyclic) bond motifs is 3. The summed E-state index contributed by atoms with van der Waals surface area (Å²) in [6.07, 6.45) is -0.00653. The first-order valence-corrected chi connectivity index (χ1v) is 13.0. The lowest BCUT2D eigenvalue weighted by Gasteiger charge is -2.52. The van der Waals surface area contributed by atoms with Crippen LogP contribution in [0.3, 0.4) is 0 Å². The van der Waals surface area contributed by atoms with Crippen molar-refractivity contribution < 1.29 is 43.0 Å². The molecular weight excluding hydrogens is 540 g/mol. The molecule has 4 N–H and O–H groups in total. The molecule has 2 aromatic rings. The number of amides is 1. The topological polar surface area (TPSA) is 158 Å². The van der Waals surface area contributed by atoms with Gasteiger partial charge in [-0.3, -0.25) is 28.9 Å². The van der Waals surface area contributed by atoms with Crippen LogP contribution in [-0.4, -0.2) is 84.0 Å². The number of carbonyl (C=O) groups excluding carboxylic acids is 5. The molecule has 12 heteroatoms. The van der Waals surface area contributed by atoms with Gasteiger partial charge in [0.25, 0.3) is 0 Å². The van der Waals surface area contributed by atoms with E-state index in [9.17, 15) is 43.0 Å². The fourth-order valence-corrected chi connectivity index (χ4v) is 6.93. The number of phenols is 1. The number of primary amides is 1. The van der Waals surface area contributed by atoms with Gasteiger partial charge in [0.05, 0.1) is 17.5 Å². The molecule has 1 amide bonds. The summed E-state index contributed by atoms with van der Waals surface area (Å²) >= 11 is 0. The minimum absolute atomic E-state index is 0.0128. The molecular formula is C29H29F2N3O7. The molecule has 2 aromatic carbocycles. The second-order valence-electron chi connectivity index (χ2n) is 11.5. The predicted octanol–water partition coefficient (Wildman–Crippen LogP) is 0.878. The molecule has 0 radical (unpaired) electrons. The zero-order chi connectivity index (χ0) is 30.3. The third-order valence-electron chi connectivity index (χ3n) is 8.75. The molecule has 6 atom stereocenters. The fourth-order valence-electron chi connectivity index (χ4n) is 6.93. The molecule has 0 aliphatic heterocycles. The average Bonchev–Trinajstić information content (AvgIpc) is 2.87. The number of benzene rings is 2. The van der Waals surface area contributed by atoms with E-state index in [2.05, 4.69) is 0 Å². The van der Waals surface area contributed by atoms with Crippen molar-refractivity contribution in [3.05, 3.63) is 47.0 Å². The molecule has 10 nitrogen and oxygen atoms in total. The van der Waals surface area contributed by atoms with Crippen LogP contribution < -0.4 is 10.6 Å². The Bertz CT molecular complexity index is 1560. The van der Waals surface area contributed by atoms with Crippen LogP contribution in [0, 0.1) is 35.3 Å². The Morgan fingerprint density at radius 1 is 1.02 bits per heavy atom. The standard InChI is InChI=1S/C29H29F2N3O7/c1-33(2)18-10-13(11-5-6-16(30)17(31)9-11)23(35)20-14(18)7-12-8-15-22(34(3)4)25(37)21(28(32)40)27(39)29(15,41)26(38)19(12)24(20)36/h5-6,9-10,12,15,19,21-22,35,41H,7-8H2,1-4H3,(H2,32,40). The molecule has 41 heavy (non-hydrogen) atoms. The Labute approximate surface area is 233 Å². The van der Waals surface area contributed by atoms with E-state index in [1.807, 2.05) is 0 Å². The summed E-state index contributed by atoms with van der Waals surface area (Å²) in [6, 6.07) is 3.31. The maximum absolute atomic E-state index is 14.1. The molecule has 2 saturated carbocycles. The van der Waals surface area contributed by atoms with Crippen molar-refractivity contribution in [3.8, 4) is 16.9 Å². The number of phenolic OH excluding ortho intramolecular Hbond substituents is 1. The second-order valence-corrected chi connectivity index (χ2v) is 11.5. The molecule has 216 valence electrons. The highest BCUT2D eigenvalue weighted by atomic mass is 19.2. The Hall–Kier alpha value is -4.03. The lowest BCUT2D eigenvalue weighted by molar-refractivity contribution is -0.181. The van der Waals surface area contributed by atoms with Crippen LogP contribution in [0.15, 0.2) is 24.3 Å². The van der Waals surface area contributed by atoms with E-state index in [-0.39, 0.29) is 29.5 Å². The Kier molecular flexibility index (Phi) is 6.62. The Morgan fingerprint density at radius 3 is 2.24 bits per heavy atom. The number of likely N-dealkylation sites (N-methyl/N-ethyl adjacent to an activating group) is 1. The van der Waals surface area contributed by atoms with Crippen LogP contribution in [0.2, 0.25) is 0 Å². The van der Waals surface area contributed by atoms with Gasteiger partial charge in [-0.15, -0.1) is 0 Å². The Morgan fingerprint density at radius 2 is 1.68 bits per heavy atom. The first-order chi connectivity index (χ1) is 19.1. The molecule has 0 heterocycles. The number of aromatic hydroxyl groups is 1. The molecule has 0 bridgehead atoms. The molecule has 0 aromatic heterocycles. The highest BCUT2D eigenvalue weighted by molar-refractivity contribution is 6.32. The van der Waals surface area contributed by atoms with E-state index in [0.717, 1.165) is 12.1 Å². The van der Waals surface area contributed by atoms with Crippen LogP contribution in [0.25, 0.3) is 11.1 Å². The van der Waals surface area contributed by atoms with Crippen LogP contribution >= 0.6 is 0 Å². The van der Waals surface area contributed by atoms with Gasteiger partial charge in [0.2, 0.25) is 5.91 Å². The SMILES string of the molecule is CN(C)c1cc(-c2ccc(F)c(F)c2)c(O)c2c1CC1CC3C(N(C)C)C(=O)C(C(N)=O)C(=O)C3(O)C(=O)C1C2=O. The van der Waals surface area contributed by atoms with Crippen molar-refractivity contribution >= 4 is 34.7 Å². The van der Waals surface area contributed by atoms with Gasteiger partial charge < -0.3 is 20.8 Å². The van der Waals surface area contributed by atoms with Crippen LogP contribution in [0.5, 0.6) is 5.75 Å². The van der Waals surface area contributed by atoms with Crippen molar-refractivity contribution in [1.82, 2.24) is 4.90 Å². The quantitative estimate of drug-likeness (QED) is 0.455. The number of Topliss-reactive ketones (excluding diaryl/α,β-unsaturated/α-hetero) is 4. The number of nitrogens with zero attached hydrogens (tertiary/aromatic N) is 2. The van der Waals surface area contributed by atoms with Gasteiger partial charge >= 0.3 is 0 Å². The number of anilines is 1. The summed E-state index contributed by atoms with van der Waals surface area (Å²) in [5, 5.41) is 23.0. The van der Waals surface area contributed by atoms with Gasteiger partial charge in [0, 0.05) is 31.3 Å². The number of halogens is 2. The summed E-state index contributed by atoms with van der Waals surface area (Å²) in [5.74, 6) is -14.0. The minimum Gasteiger partial charge on any atom is -0.507 e. The highest BCUT2D eigenvalue weighted by Gasteiger charge is 2.69. The number of ketones is 4.